The molecule has 1 aliphatic carbocycles. The maximum absolute atomic E-state index is 13.2. The molecule has 1 amide bonds. The predicted octanol–water partition coefficient (Wildman–Crippen LogP) is 3.05. The molecule has 136 valence electrons. The molecule has 25 heavy (non-hydrogen) atoms. The minimum atomic E-state index is -0.497. The van der Waals surface area contributed by atoms with Gasteiger partial charge in [0.25, 0.3) is 5.91 Å². The molecule has 4 rings (SSSR count). The van der Waals surface area contributed by atoms with Crippen LogP contribution in [0.2, 0.25) is 0 Å². The van der Waals surface area contributed by atoms with E-state index in [1.165, 1.54) is 12.8 Å². The van der Waals surface area contributed by atoms with Gasteiger partial charge in [0.2, 0.25) is 0 Å². The van der Waals surface area contributed by atoms with Crippen LogP contribution in [0.1, 0.15) is 50.2 Å². The fourth-order valence-electron chi connectivity index (χ4n) is 4.14. The molecular weight excluding hydrogens is 318 g/mol. The van der Waals surface area contributed by atoms with Crippen LogP contribution in [0, 0.1) is 0 Å². The Balaban J connectivity index is 1.45. The summed E-state index contributed by atoms with van der Waals surface area (Å²) >= 11 is 0. The van der Waals surface area contributed by atoms with Gasteiger partial charge in [0, 0.05) is 25.9 Å². The summed E-state index contributed by atoms with van der Waals surface area (Å²) in [6.45, 7) is 2.64. The third kappa shape index (κ3) is 3.73. The average Bonchev–Trinajstić information content (AvgIpc) is 3.33. The quantitative estimate of drug-likeness (QED) is 0.841. The first-order valence-electron chi connectivity index (χ1n) is 9.53. The summed E-state index contributed by atoms with van der Waals surface area (Å²) in [5, 5.41) is 0. The molecule has 1 aromatic rings. The molecule has 2 heterocycles. The number of benzene rings is 1. The standard InChI is InChI=1S/C20H27NO4/c22-19(21-12-10-20(11-13-21)23-14-15-24-20)18(16-6-2-1-3-7-16)25-17-8-4-5-9-17/h1-3,6-7,17-18H,4-5,8-15H2. The Morgan fingerprint density at radius 2 is 1.72 bits per heavy atom. The van der Waals surface area contributed by atoms with E-state index in [9.17, 15) is 4.79 Å². The molecule has 1 unspecified atom stereocenters. The minimum Gasteiger partial charge on any atom is -0.360 e. The summed E-state index contributed by atoms with van der Waals surface area (Å²) in [5.41, 5.74) is 0.952. The van der Waals surface area contributed by atoms with Gasteiger partial charge in [0.05, 0.1) is 19.3 Å². The van der Waals surface area contributed by atoms with E-state index in [0.717, 1.165) is 31.2 Å². The molecular formula is C20H27NO4. The van der Waals surface area contributed by atoms with Crippen LogP contribution in [0.25, 0.3) is 0 Å². The molecule has 1 saturated carbocycles. The molecule has 5 nitrogen and oxygen atoms in total. The second-order valence-electron chi connectivity index (χ2n) is 7.27. The fraction of sp³-hybridized carbons (Fsp3) is 0.650. The van der Waals surface area contributed by atoms with E-state index in [4.69, 9.17) is 14.2 Å². The summed E-state index contributed by atoms with van der Waals surface area (Å²) in [6.07, 6.45) is 5.69. The van der Waals surface area contributed by atoms with E-state index in [1.807, 2.05) is 35.2 Å². The van der Waals surface area contributed by atoms with Crippen LogP contribution in [-0.2, 0) is 19.0 Å². The van der Waals surface area contributed by atoms with E-state index < -0.39 is 11.9 Å². The highest BCUT2D eigenvalue weighted by Gasteiger charge is 2.42. The zero-order chi connectivity index (χ0) is 17.1. The van der Waals surface area contributed by atoms with Crippen LogP contribution in [-0.4, -0.2) is 49.0 Å². The molecule has 3 fully saturated rings. The van der Waals surface area contributed by atoms with Gasteiger partial charge >= 0.3 is 0 Å². The average molecular weight is 345 g/mol. The topological polar surface area (TPSA) is 48.0 Å². The number of nitrogens with zero attached hydrogens (tertiary/aromatic N) is 1. The van der Waals surface area contributed by atoms with Crippen molar-refractivity contribution in [1.82, 2.24) is 4.90 Å². The summed E-state index contributed by atoms with van der Waals surface area (Å²) in [7, 11) is 0. The van der Waals surface area contributed by atoms with E-state index in [-0.39, 0.29) is 12.0 Å². The Morgan fingerprint density at radius 1 is 1.08 bits per heavy atom. The van der Waals surface area contributed by atoms with Gasteiger partial charge in [-0.05, 0) is 18.4 Å². The first kappa shape index (κ1) is 17.0. The van der Waals surface area contributed by atoms with Crippen molar-refractivity contribution in [2.45, 2.75) is 56.5 Å². The second-order valence-corrected chi connectivity index (χ2v) is 7.27. The Morgan fingerprint density at radius 3 is 2.36 bits per heavy atom. The van der Waals surface area contributed by atoms with Crippen molar-refractivity contribution in [2.75, 3.05) is 26.3 Å². The maximum Gasteiger partial charge on any atom is 0.256 e. The number of piperidine rings is 1. The number of amides is 1. The van der Waals surface area contributed by atoms with Crippen molar-refractivity contribution in [3.05, 3.63) is 35.9 Å². The van der Waals surface area contributed by atoms with Crippen molar-refractivity contribution in [1.29, 1.82) is 0 Å². The number of carbonyl (C=O) groups is 1. The van der Waals surface area contributed by atoms with Crippen molar-refractivity contribution in [3.63, 3.8) is 0 Å². The van der Waals surface area contributed by atoms with Gasteiger partial charge in [-0.25, -0.2) is 0 Å². The molecule has 1 aromatic carbocycles. The smallest absolute Gasteiger partial charge is 0.256 e. The van der Waals surface area contributed by atoms with Crippen LogP contribution in [0.3, 0.4) is 0 Å². The first-order valence-corrected chi connectivity index (χ1v) is 9.53. The Labute approximate surface area is 149 Å². The largest absolute Gasteiger partial charge is 0.360 e. The van der Waals surface area contributed by atoms with Crippen LogP contribution >= 0.6 is 0 Å². The molecule has 0 aromatic heterocycles. The molecule has 5 heteroatoms. The van der Waals surface area contributed by atoms with Gasteiger partial charge in [-0.1, -0.05) is 43.2 Å². The minimum absolute atomic E-state index is 0.0750. The molecule has 1 spiro atoms. The Bertz CT molecular complexity index is 569. The molecule has 1 atom stereocenters. The Hall–Kier alpha value is -1.43. The third-order valence-corrected chi connectivity index (χ3v) is 5.61. The molecule has 0 radical (unpaired) electrons. The SMILES string of the molecule is O=C(C(OC1CCCC1)c1ccccc1)N1CCC2(CC1)OCCO2. The van der Waals surface area contributed by atoms with Crippen molar-refractivity contribution >= 4 is 5.91 Å². The Kier molecular flexibility index (Phi) is 5.06. The second kappa shape index (κ2) is 7.44. The van der Waals surface area contributed by atoms with Gasteiger partial charge < -0.3 is 19.1 Å². The lowest BCUT2D eigenvalue weighted by Gasteiger charge is -2.39. The molecule has 2 saturated heterocycles. The third-order valence-electron chi connectivity index (χ3n) is 5.61. The number of rotatable bonds is 4. The summed E-state index contributed by atoms with van der Waals surface area (Å²) in [5.74, 6) is -0.378. The highest BCUT2D eigenvalue weighted by Crippen LogP contribution is 2.34. The number of carbonyl (C=O) groups excluding carboxylic acids is 1. The number of hydrogen-bond acceptors (Lipinski definition) is 4. The van der Waals surface area contributed by atoms with Crippen LogP contribution in [0.5, 0.6) is 0 Å². The first-order chi connectivity index (χ1) is 12.3. The molecule has 0 N–H and O–H groups in total. The van der Waals surface area contributed by atoms with E-state index in [2.05, 4.69) is 0 Å². The van der Waals surface area contributed by atoms with Gasteiger partial charge in [0.1, 0.15) is 0 Å². The summed E-state index contributed by atoms with van der Waals surface area (Å²) < 4.78 is 17.8. The van der Waals surface area contributed by atoms with Crippen LogP contribution in [0.4, 0.5) is 0 Å². The zero-order valence-electron chi connectivity index (χ0n) is 14.7. The monoisotopic (exact) mass is 345 g/mol. The number of ether oxygens (including phenoxy) is 3. The highest BCUT2D eigenvalue weighted by molar-refractivity contribution is 5.82. The fourth-order valence-corrected chi connectivity index (χ4v) is 4.14. The van der Waals surface area contributed by atoms with Gasteiger partial charge in [-0.15, -0.1) is 0 Å². The predicted molar refractivity (Wildman–Crippen MR) is 93.0 cm³/mol. The van der Waals surface area contributed by atoms with Crippen molar-refractivity contribution in [3.8, 4) is 0 Å². The van der Waals surface area contributed by atoms with Crippen molar-refractivity contribution in [2.24, 2.45) is 0 Å². The maximum atomic E-state index is 13.2. The molecule has 3 aliphatic rings. The van der Waals surface area contributed by atoms with Gasteiger partial charge in [0.15, 0.2) is 11.9 Å². The van der Waals surface area contributed by atoms with E-state index in [1.54, 1.807) is 0 Å². The lowest BCUT2D eigenvalue weighted by molar-refractivity contribution is -0.191. The van der Waals surface area contributed by atoms with Gasteiger partial charge in [-0.3, -0.25) is 4.79 Å². The van der Waals surface area contributed by atoms with Crippen LogP contribution in [0.15, 0.2) is 30.3 Å². The lowest BCUT2D eigenvalue weighted by atomic mass is 10.0. The van der Waals surface area contributed by atoms with E-state index in [0.29, 0.717) is 26.3 Å². The summed E-state index contributed by atoms with van der Waals surface area (Å²) in [4.78, 5) is 15.1. The zero-order valence-corrected chi connectivity index (χ0v) is 14.7. The summed E-state index contributed by atoms with van der Waals surface area (Å²) in [6, 6.07) is 9.90. The number of likely N-dealkylation sites (tertiary alicyclic amines) is 1. The van der Waals surface area contributed by atoms with Gasteiger partial charge in [-0.2, -0.15) is 0 Å². The normalized spacial score (nSPS) is 24.7. The molecule has 2 aliphatic heterocycles. The van der Waals surface area contributed by atoms with Crippen LogP contribution < -0.4 is 0 Å². The molecule has 0 bridgehead atoms. The number of hydrogen-bond donors (Lipinski definition) is 0. The van der Waals surface area contributed by atoms with E-state index >= 15 is 0 Å². The lowest BCUT2D eigenvalue weighted by Crippen LogP contribution is -2.49. The highest BCUT2D eigenvalue weighted by atomic mass is 16.7. The van der Waals surface area contributed by atoms with Crippen molar-refractivity contribution < 1.29 is 19.0 Å².